The van der Waals surface area contributed by atoms with Crippen LogP contribution in [0.5, 0.6) is 0 Å². The van der Waals surface area contributed by atoms with Crippen molar-refractivity contribution in [1.82, 2.24) is 0 Å². The maximum Gasteiger partial charge on any atom is -1.00 e. The van der Waals surface area contributed by atoms with Gasteiger partial charge in [0.1, 0.15) is 0 Å². The number of rotatable bonds is 4. The Morgan fingerprint density at radius 2 is 1.00 bits per heavy atom. The molecule has 0 bridgehead atoms. The Balaban J connectivity index is 0.000000305. The zero-order valence-corrected chi connectivity index (χ0v) is 39.2. The van der Waals surface area contributed by atoms with Gasteiger partial charge in [-0.05, 0) is 10.8 Å². The first-order valence-electron chi connectivity index (χ1n) is 19.2. The van der Waals surface area contributed by atoms with Crippen molar-refractivity contribution in [3.05, 3.63) is 148 Å². The Bertz CT molecular complexity index is 2100. The van der Waals surface area contributed by atoms with Crippen molar-refractivity contribution in [3.63, 3.8) is 0 Å². The number of fused-ring (bicyclic) bond motifs is 3. The zero-order chi connectivity index (χ0) is 42.0. The molecule has 0 saturated heterocycles. The zero-order valence-electron chi connectivity index (χ0n) is 35.3. The van der Waals surface area contributed by atoms with E-state index in [9.17, 15) is 26.3 Å². The van der Waals surface area contributed by atoms with Gasteiger partial charge in [-0.25, -0.2) is 5.57 Å². The van der Waals surface area contributed by atoms with Crippen molar-refractivity contribution < 1.29 is 75.4 Å². The van der Waals surface area contributed by atoms with Crippen molar-refractivity contribution in [2.24, 2.45) is 11.3 Å². The standard InChI is InChI=1S/C21H25.C15H8F6.C13H21.2ClH.Zr/c1-20(2,3)16-7-9-18-14(12-16)11-15-13-17(21(4,5)6)8-10-19(15)18;16-14(17,18)12-5-1-3-10(8-12)7-11-4-2-6-13(9-11)15(19,20)21;1-6-10-8-11(7-2)12(9-10)13(3,4)5;;;/h7-13H,1-6H3;1-6,8-9H;9-10H,6-7H2,1-5H3;2*1H;/q-1;;-1;;;+2/p-2. The summed E-state index contributed by atoms with van der Waals surface area (Å²) >= 11 is 0.729. The van der Waals surface area contributed by atoms with E-state index in [1.54, 1.807) is 0 Å². The normalized spacial score (nSPS) is 14.6. The van der Waals surface area contributed by atoms with Gasteiger partial charge in [-0.2, -0.15) is 11.6 Å². The van der Waals surface area contributed by atoms with Crippen molar-refractivity contribution >= 4 is 24.8 Å². The molecule has 5 aromatic carbocycles. The number of hydrogen-bond acceptors (Lipinski definition) is 0. The van der Waals surface area contributed by atoms with Gasteiger partial charge in [0, 0.05) is 0 Å². The van der Waals surface area contributed by atoms with Crippen molar-refractivity contribution in [2.75, 3.05) is 0 Å². The van der Waals surface area contributed by atoms with E-state index in [2.05, 4.69) is 131 Å². The number of hydrogen-bond donors (Lipinski definition) is 0. The molecular formula is C49H54Cl2F6Zr-2. The minimum Gasteiger partial charge on any atom is -1.00 e. The summed E-state index contributed by atoms with van der Waals surface area (Å²) in [7, 11) is 0. The largest absolute Gasteiger partial charge is 1.00 e. The first-order chi connectivity index (χ1) is 25.7. The second-order valence-electron chi connectivity index (χ2n) is 17.6. The predicted octanol–water partition coefficient (Wildman–Crippen LogP) is 9.29. The van der Waals surface area contributed by atoms with E-state index >= 15 is 0 Å². The summed E-state index contributed by atoms with van der Waals surface area (Å²) in [5.74, 6) is 0.573. The Morgan fingerprint density at radius 1 is 0.586 bits per heavy atom. The van der Waals surface area contributed by atoms with Crippen LogP contribution in [0.15, 0.2) is 108 Å². The van der Waals surface area contributed by atoms with E-state index in [-0.39, 0.29) is 46.8 Å². The average molecular weight is 919 g/mol. The Kier molecular flexibility index (Phi) is 17.4. The van der Waals surface area contributed by atoms with Crippen LogP contribution in [0.4, 0.5) is 26.3 Å². The number of allylic oxidation sites excluding steroid dienone is 4. The third-order valence-corrected chi connectivity index (χ3v) is 11.5. The summed E-state index contributed by atoms with van der Waals surface area (Å²) < 4.78 is 76.7. The third-order valence-electron chi connectivity index (χ3n) is 10.0. The van der Waals surface area contributed by atoms with Crippen LogP contribution >= 0.6 is 0 Å². The van der Waals surface area contributed by atoms with Gasteiger partial charge in [-0.15, -0.1) is 39.7 Å². The molecule has 0 aromatic heterocycles. The van der Waals surface area contributed by atoms with E-state index in [1.165, 1.54) is 74.5 Å². The van der Waals surface area contributed by atoms with Gasteiger partial charge in [0.2, 0.25) is 0 Å². The molecule has 1 aliphatic rings. The topological polar surface area (TPSA) is 0 Å². The fourth-order valence-corrected chi connectivity index (χ4v) is 7.45. The van der Waals surface area contributed by atoms with E-state index in [1.807, 2.05) is 0 Å². The van der Waals surface area contributed by atoms with Gasteiger partial charge in [-0.1, -0.05) is 136 Å². The van der Waals surface area contributed by atoms with Crippen LogP contribution in [0.3, 0.4) is 0 Å². The fourth-order valence-electron chi connectivity index (χ4n) is 6.68. The Hall–Kier alpha value is -2.86. The second-order valence-corrected chi connectivity index (χ2v) is 18.8. The minimum atomic E-state index is -4.49. The van der Waals surface area contributed by atoms with Gasteiger partial charge in [0.25, 0.3) is 0 Å². The van der Waals surface area contributed by atoms with Gasteiger partial charge < -0.3 is 24.8 Å². The average Bonchev–Trinajstić information content (AvgIpc) is 3.72. The first-order valence-corrected chi connectivity index (χ1v) is 20.4. The molecule has 0 N–H and O–H groups in total. The van der Waals surface area contributed by atoms with Crippen molar-refractivity contribution in [1.29, 1.82) is 0 Å². The molecule has 1 unspecified atom stereocenters. The fraction of sp³-hybridized carbons (Fsp3) is 0.388. The monoisotopic (exact) mass is 916 g/mol. The van der Waals surface area contributed by atoms with Gasteiger partial charge in [0.15, 0.2) is 0 Å². The molecule has 312 valence electrons. The van der Waals surface area contributed by atoms with Crippen LogP contribution in [0.25, 0.3) is 21.5 Å². The summed E-state index contributed by atoms with van der Waals surface area (Å²) in [5.41, 5.74) is 5.36. The molecule has 0 saturated carbocycles. The van der Waals surface area contributed by atoms with E-state index < -0.39 is 23.5 Å². The van der Waals surface area contributed by atoms with Crippen LogP contribution in [-0.4, -0.2) is 3.21 Å². The molecule has 6 rings (SSSR count). The van der Waals surface area contributed by atoms with Crippen molar-refractivity contribution in [2.45, 2.75) is 112 Å². The molecule has 0 heterocycles. The van der Waals surface area contributed by atoms with E-state index in [0.717, 1.165) is 54.9 Å². The number of halogens is 8. The molecule has 5 aromatic rings. The van der Waals surface area contributed by atoms with Gasteiger partial charge in [-0.3, -0.25) is 6.08 Å². The van der Waals surface area contributed by atoms with E-state index in [4.69, 9.17) is 0 Å². The van der Waals surface area contributed by atoms with Crippen molar-refractivity contribution in [3.8, 4) is 0 Å². The first kappa shape index (κ1) is 51.3. The summed E-state index contributed by atoms with van der Waals surface area (Å²) in [6, 6.07) is 25.3. The SMILES string of the molecule is CC(C)(C)c1ccc2c(c1)[cH-]c1cc(C(C)(C)C)ccc12.CCC1=[C-]C(CC)C=C1C(C)(C)C.FC(F)(F)c1cccc([C](=[Zr+2])c2cccc(C(F)(F)F)c2)c1.[Cl-].[Cl-]. The predicted molar refractivity (Wildman–Crippen MR) is 219 cm³/mol. The molecule has 0 fully saturated rings. The van der Waals surface area contributed by atoms with Crippen LogP contribution < -0.4 is 24.8 Å². The number of alkyl halides is 6. The smallest absolute Gasteiger partial charge is 1.00 e. The van der Waals surface area contributed by atoms with Gasteiger partial charge in [0.05, 0.1) is 0 Å². The second kappa shape index (κ2) is 19.7. The molecule has 0 amide bonds. The Labute approximate surface area is 369 Å². The molecule has 0 radical (unpaired) electrons. The number of benzene rings is 4. The quantitative estimate of drug-likeness (QED) is 0.125. The maximum absolute atomic E-state index is 12.7. The molecule has 0 spiro atoms. The summed E-state index contributed by atoms with van der Waals surface area (Å²) in [5, 5.41) is 5.48. The van der Waals surface area contributed by atoms with Gasteiger partial charge >= 0.3 is 137 Å². The molecule has 9 heteroatoms. The van der Waals surface area contributed by atoms with Crippen LogP contribution in [-0.2, 0) is 47.4 Å². The Morgan fingerprint density at radius 3 is 1.31 bits per heavy atom. The maximum atomic E-state index is 12.7. The molecular weight excluding hydrogens is 865 g/mol. The molecule has 0 aliphatic heterocycles. The van der Waals surface area contributed by atoms with E-state index in [0.29, 0.717) is 14.5 Å². The molecule has 1 aliphatic carbocycles. The minimum absolute atomic E-state index is 0. The summed E-state index contributed by atoms with van der Waals surface area (Å²) in [4.78, 5) is 0. The molecule has 0 nitrogen and oxygen atoms in total. The summed E-state index contributed by atoms with van der Waals surface area (Å²) in [6.45, 7) is 24.9. The van der Waals surface area contributed by atoms with Crippen LogP contribution in [0.1, 0.15) is 122 Å². The third kappa shape index (κ3) is 13.1. The van der Waals surface area contributed by atoms with Crippen LogP contribution in [0, 0.1) is 17.4 Å². The molecule has 58 heavy (non-hydrogen) atoms. The summed E-state index contributed by atoms with van der Waals surface area (Å²) in [6.07, 6.45) is -0.691. The molecule has 1 atom stereocenters. The van der Waals surface area contributed by atoms with Crippen LogP contribution in [0.2, 0.25) is 0 Å².